The van der Waals surface area contributed by atoms with E-state index in [0.29, 0.717) is 17.7 Å². The Morgan fingerprint density at radius 3 is 2.67 bits per heavy atom. The topological polar surface area (TPSA) is 29.5 Å². The fourth-order valence-corrected chi connectivity index (χ4v) is 4.04. The highest BCUT2D eigenvalue weighted by atomic mass is 16.5. The highest BCUT2D eigenvalue weighted by Crippen LogP contribution is 2.34. The lowest BCUT2D eigenvalue weighted by atomic mass is 9.93. The maximum Gasteiger partial charge on any atom is 0.137 e. The first-order valence-electron chi connectivity index (χ1n) is 7.69. The fraction of sp³-hybridized carbons (Fsp3) is 0.933. The summed E-state index contributed by atoms with van der Waals surface area (Å²) in [6, 6.07) is 0.572. The number of hydrogen-bond donors (Lipinski definition) is 0. The molecule has 0 amide bonds. The van der Waals surface area contributed by atoms with E-state index >= 15 is 0 Å². The van der Waals surface area contributed by atoms with Crippen molar-refractivity contribution < 1.29 is 9.53 Å². The van der Waals surface area contributed by atoms with Crippen LogP contribution in [0.5, 0.6) is 0 Å². The third kappa shape index (κ3) is 2.62. The van der Waals surface area contributed by atoms with Crippen molar-refractivity contribution in [1.29, 1.82) is 0 Å². The average molecular weight is 251 g/mol. The first-order chi connectivity index (χ1) is 8.84. The molecule has 1 saturated carbocycles. The first-order valence-corrected chi connectivity index (χ1v) is 7.69. The van der Waals surface area contributed by atoms with Gasteiger partial charge in [0, 0.05) is 38.1 Å². The van der Waals surface area contributed by atoms with Gasteiger partial charge in [-0.25, -0.2) is 0 Å². The molecule has 3 heteroatoms. The number of likely N-dealkylation sites (tertiary alicyclic amines) is 1. The minimum Gasteiger partial charge on any atom is -0.381 e. The molecule has 0 bridgehead atoms. The van der Waals surface area contributed by atoms with Crippen LogP contribution in [-0.4, -0.2) is 43.0 Å². The fourth-order valence-electron chi connectivity index (χ4n) is 4.04. The van der Waals surface area contributed by atoms with Gasteiger partial charge in [0.05, 0.1) is 0 Å². The van der Waals surface area contributed by atoms with E-state index in [4.69, 9.17) is 4.74 Å². The molecular weight excluding hydrogens is 226 g/mol. The van der Waals surface area contributed by atoms with Gasteiger partial charge in [-0.3, -0.25) is 9.69 Å². The molecule has 0 radical (unpaired) electrons. The molecule has 2 unspecified atom stereocenters. The second-order valence-electron chi connectivity index (χ2n) is 6.23. The monoisotopic (exact) mass is 251 g/mol. The molecule has 3 fully saturated rings. The smallest absolute Gasteiger partial charge is 0.137 e. The van der Waals surface area contributed by atoms with Crippen molar-refractivity contribution in [2.75, 3.05) is 26.3 Å². The third-order valence-electron chi connectivity index (χ3n) is 5.06. The second kappa shape index (κ2) is 5.70. The van der Waals surface area contributed by atoms with Crippen LogP contribution in [0.3, 0.4) is 0 Å². The lowest BCUT2D eigenvalue weighted by Gasteiger charge is -2.33. The Kier molecular flexibility index (Phi) is 4.00. The maximum atomic E-state index is 12.0. The van der Waals surface area contributed by atoms with Crippen LogP contribution in [0.25, 0.3) is 0 Å². The van der Waals surface area contributed by atoms with Crippen molar-refractivity contribution >= 4 is 5.78 Å². The summed E-state index contributed by atoms with van der Waals surface area (Å²) in [6.07, 6.45) is 8.08. The van der Waals surface area contributed by atoms with Gasteiger partial charge in [0.1, 0.15) is 5.78 Å². The third-order valence-corrected chi connectivity index (χ3v) is 5.06. The molecule has 2 aliphatic heterocycles. The Balaban J connectivity index is 1.58. The number of ether oxygens (including phenoxy) is 1. The van der Waals surface area contributed by atoms with Gasteiger partial charge in [0.2, 0.25) is 0 Å². The van der Waals surface area contributed by atoms with Crippen LogP contribution in [0, 0.1) is 11.8 Å². The summed E-state index contributed by atoms with van der Waals surface area (Å²) in [5.41, 5.74) is 0. The van der Waals surface area contributed by atoms with E-state index in [2.05, 4.69) is 4.90 Å². The van der Waals surface area contributed by atoms with Gasteiger partial charge in [-0.1, -0.05) is 0 Å². The number of carbonyl (C=O) groups is 1. The van der Waals surface area contributed by atoms with Crippen LogP contribution in [0.2, 0.25) is 0 Å². The summed E-state index contributed by atoms with van der Waals surface area (Å²) in [6.45, 7) is 4.29. The van der Waals surface area contributed by atoms with Crippen LogP contribution >= 0.6 is 0 Å². The number of ketones is 1. The highest BCUT2D eigenvalue weighted by molar-refractivity contribution is 5.83. The average Bonchev–Trinajstić information content (AvgIpc) is 2.99. The van der Waals surface area contributed by atoms with Crippen molar-refractivity contribution in [3.05, 3.63) is 0 Å². The minimum absolute atomic E-state index is 0.368. The molecule has 2 heterocycles. The quantitative estimate of drug-likeness (QED) is 0.770. The number of carbonyl (C=O) groups excluding carboxylic acids is 1. The molecule has 3 nitrogen and oxygen atoms in total. The Bertz CT molecular complexity index is 299. The Labute approximate surface area is 110 Å². The van der Waals surface area contributed by atoms with Crippen molar-refractivity contribution in [3.8, 4) is 0 Å². The van der Waals surface area contributed by atoms with Gasteiger partial charge < -0.3 is 4.74 Å². The van der Waals surface area contributed by atoms with Crippen LogP contribution < -0.4 is 0 Å². The van der Waals surface area contributed by atoms with Crippen molar-refractivity contribution in [2.24, 2.45) is 11.8 Å². The first kappa shape index (κ1) is 12.6. The molecule has 18 heavy (non-hydrogen) atoms. The summed E-state index contributed by atoms with van der Waals surface area (Å²) in [5, 5.41) is 0. The Morgan fingerprint density at radius 2 is 1.94 bits per heavy atom. The lowest BCUT2D eigenvalue weighted by Crippen LogP contribution is -2.41. The van der Waals surface area contributed by atoms with Gasteiger partial charge >= 0.3 is 0 Å². The molecule has 3 aliphatic rings. The van der Waals surface area contributed by atoms with Crippen molar-refractivity contribution in [2.45, 2.75) is 51.0 Å². The standard InChI is InChI=1S/C15H25NO2/c17-15-5-1-3-13(15)14-4-2-8-16(14)11-12-6-9-18-10-7-12/h12-14H,1-11H2. The largest absolute Gasteiger partial charge is 0.381 e. The second-order valence-corrected chi connectivity index (χ2v) is 6.23. The SMILES string of the molecule is O=C1CCCC1C1CCCN1CC1CCOCC1. The van der Waals surface area contributed by atoms with Crippen molar-refractivity contribution in [1.82, 2.24) is 4.90 Å². The maximum absolute atomic E-state index is 12.0. The molecular formula is C15H25NO2. The predicted molar refractivity (Wildman–Crippen MR) is 70.5 cm³/mol. The minimum atomic E-state index is 0.368. The van der Waals surface area contributed by atoms with E-state index in [0.717, 1.165) is 38.4 Å². The van der Waals surface area contributed by atoms with E-state index in [1.54, 1.807) is 0 Å². The normalized spacial score (nSPS) is 35.4. The number of rotatable bonds is 3. The van der Waals surface area contributed by atoms with Gasteiger partial charge in [-0.05, 0) is 51.0 Å². The molecule has 2 saturated heterocycles. The van der Waals surface area contributed by atoms with E-state index in [1.807, 2.05) is 0 Å². The zero-order valence-corrected chi connectivity index (χ0v) is 11.3. The predicted octanol–water partition coefficient (Wildman–Crippen LogP) is 2.25. The van der Waals surface area contributed by atoms with E-state index in [9.17, 15) is 4.79 Å². The van der Waals surface area contributed by atoms with Crippen LogP contribution in [-0.2, 0) is 9.53 Å². The number of Topliss-reactive ketones (excluding diaryl/α,β-unsaturated/α-hetero) is 1. The molecule has 0 aromatic rings. The Hall–Kier alpha value is -0.410. The van der Waals surface area contributed by atoms with E-state index in [-0.39, 0.29) is 0 Å². The van der Waals surface area contributed by atoms with Crippen LogP contribution in [0.1, 0.15) is 44.9 Å². The van der Waals surface area contributed by atoms with Gasteiger partial charge in [0.25, 0.3) is 0 Å². The van der Waals surface area contributed by atoms with Crippen molar-refractivity contribution in [3.63, 3.8) is 0 Å². The highest BCUT2D eigenvalue weighted by Gasteiger charge is 2.38. The van der Waals surface area contributed by atoms with E-state index < -0.39 is 0 Å². The summed E-state index contributed by atoms with van der Waals surface area (Å²) in [7, 11) is 0. The Morgan fingerprint density at radius 1 is 1.11 bits per heavy atom. The molecule has 1 aliphatic carbocycles. The zero-order chi connectivity index (χ0) is 12.4. The molecule has 0 spiro atoms. The molecule has 0 N–H and O–H groups in total. The van der Waals surface area contributed by atoms with Crippen LogP contribution in [0.4, 0.5) is 0 Å². The van der Waals surface area contributed by atoms with Crippen LogP contribution in [0.15, 0.2) is 0 Å². The van der Waals surface area contributed by atoms with Gasteiger partial charge in [-0.15, -0.1) is 0 Å². The number of nitrogens with zero attached hydrogens (tertiary/aromatic N) is 1. The summed E-state index contributed by atoms with van der Waals surface area (Å²) in [5.74, 6) is 1.71. The molecule has 2 atom stereocenters. The van der Waals surface area contributed by atoms with Gasteiger partial charge in [-0.2, -0.15) is 0 Å². The van der Waals surface area contributed by atoms with Gasteiger partial charge in [0.15, 0.2) is 0 Å². The van der Waals surface area contributed by atoms with E-state index in [1.165, 1.54) is 38.8 Å². The summed E-state index contributed by atoms with van der Waals surface area (Å²) >= 11 is 0. The summed E-state index contributed by atoms with van der Waals surface area (Å²) < 4.78 is 5.44. The molecule has 0 aromatic heterocycles. The molecule has 0 aromatic carbocycles. The summed E-state index contributed by atoms with van der Waals surface area (Å²) in [4.78, 5) is 14.6. The number of hydrogen-bond acceptors (Lipinski definition) is 3. The molecule has 102 valence electrons. The zero-order valence-electron chi connectivity index (χ0n) is 11.3. The lowest BCUT2D eigenvalue weighted by molar-refractivity contribution is -0.122. The molecule has 3 rings (SSSR count).